The van der Waals surface area contributed by atoms with Crippen molar-refractivity contribution in [2.24, 2.45) is 5.92 Å². The Hall–Kier alpha value is -3.22. The first kappa shape index (κ1) is 21.6. The summed E-state index contributed by atoms with van der Waals surface area (Å²) >= 11 is 0. The van der Waals surface area contributed by atoms with E-state index in [9.17, 15) is 9.59 Å². The predicted molar refractivity (Wildman–Crippen MR) is 125 cm³/mol. The third-order valence-electron chi connectivity index (χ3n) is 7.47. The Balaban J connectivity index is 1.51. The number of aromatic nitrogens is 1. The normalized spacial score (nSPS) is 25.2. The van der Waals surface area contributed by atoms with Gasteiger partial charge in [0.25, 0.3) is 5.91 Å². The number of hydrogen-bond donors (Lipinski definition) is 1. The Morgan fingerprint density at radius 1 is 1.21 bits per heavy atom. The van der Waals surface area contributed by atoms with Crippen LogP contribution >= 0.6 is 0 Å². The van der Waals surface area contributed by atoms with Crippen molar-refractivity contribution in [1.29, 1.82) is 0 Å². The number of ether oxygens (including phenoxy) is 1. The number of methoxy groups -OCH3 is 1. The molecule has 0 bridgehead atoms. The van der Waals surface area contributed by atoms with E-state index in [-0.39, 0.29) is 17.9 Å². The van der Waals surface area contributed by atoms with E-state index in [0.717, 1.165) is 36.1 Å². The smallest absolute Gasteiger partial charge is 0.271 e. The van der Waals surface area contributed by atoms with Crippen LogP contribution in [-0.4, -0.2) is 40.0 Å². The van der Waals surface area contributed by atoms with Gasteiger partial charge in [-0.15, -0.1) is 0 Å². The van der Waals surface area contributed by atoms with Crippen LogP contribution in [0, 0.1) is 5.92 Å². The van der Waals surface area contributed by atoms with E-state index in [1.807, 2.05) is 41.8 Å². The number of carbonyl (C=O) groups excluding carboxylic acids is 2. The first-order chi connectivity index (χ1) is 15.9. The van der Waals surface area contributed by atoms with Crippen LogP contribution in [0.15, 0.2) is 47.1 Å². The molecule has 1 N–H and O–H groups in total. The van der Waals surface area contributed by atoms with E-state index in [2.05, 4.69) is 12.2 Å². The molecule has 2 aliphatic rings. The van der Waals surface area contributed by atoms with Gasteiger partial charge in [-0.3, -0.25) is 9.59 Å². The van der Waals surface area contributed by atoms with Crippen molar-refractivity contribution < 1.29 is 18.7 Å². The van der Waals surface area contributed by atoms with E-state index < -0.39 is 5.54 Å². The third kappa shape index (κ3) is 3.69. The van der Waals surface area contributed by atoms with Crippen LogP contribution < -0.4 is 10.1 Å². The second kappa shape index (κ2) is 8.28. The highest BCUT2D eigenvalue weighted by molar-refractivity contribution is 6.02. The van der Waals surface area contributed by atoms with Gasteiger partial charge in [0.05, 0.1) is 25.4 Å². The van der Waals surface area contributed by atoms with Gasteiger partial charge in [0.15, 0.2) is 5.58 Å². The number of furan rings is 1. The van der Waals surface area contributed by atoms with Gasteiger partial charge in [-0.25, -0.2) is 0 Å². The minimum absolute atomic E-state index is 0.0980. The summed E-state index contributed by atoms with van der Waals surface area (Å²) in [6, 6.07) is 11.4. The molecule has 1 aliphatic heterocycles. The monoisotopic (exact) mass is 449 g/mol. The van der Waals surface area contributed by atoms with Crippen molar-refractivity contribution in [3.63, 3.8) is 0 Å². The Labute approximate surface area is 193 Å². The van der Waals surface area contributed by atoms with Crippen LogP contribution in [0.2, 0.25) is 0 Å². The Bertz CT molecular complexity index is 1180. The average Bonchev–Trinajstić information content (AvgIpc) is 3.41. The number of fused-ring (bicyclic) bond motifs is 3. The van der Waals surface area contributed by atoms with Crippen molar-refractivity contribution in [2.45, 2.75) is 64.2 Å². The molecule has 1 saturated carbocycles. The van der Waals surface area contributed by atoms with Crippen molar-refractivity contribution in [2.75, 3.05) is 7.11 Å². The molecule has 0 radical (unpaired) electrons. The molecule has 7 nitrogen and oxygen atoms in total. The molecule has 3 atom stereocenters. The predicted octanol–water partition coefficient (Wildman–Crippen LogP) is 4.35. The van der Waals surface area contributed by atoms with Crippen LogP contribution in [-0.2, 0) is 17.9 Å². The minimum Gasteiger partial charge on any atom is -0.497 e. The van der Waals surface area contributed by atoms with Crippen molar-refractivity contribution in [1.82, 2.24) is 14.8 Å². The van der Waals surface area contributed by atoms with Crippen LogP contribution in [0.3, 0.4) is 0 Å². The fourth-order valence-corrected chi connectivity index (χ4v) is 5.29. The van der Waals surface area contributed by atoms with Crippen LogP contribution in [0.4, 0.5) is 0 Å². The first-order valence-corrected chi connectivity index (χ1v) is 11.7. The molecule has 0 unspecified atom stereocenters. The molecular formula is C26H31N3O4. The molecule has 0 spiro atoms. The highest BCUT2D eigenvalue weighted by Gasteiger charge is 2.48. The maximum Gasteiger partial charge on any atom is 0.271 e. The second-order valence-corrected chi connectivity index (χ2v) is 9.64. The summed E-state index contributed by atoms with van der Waals surface area (Å²) in [5, 5.41) is 3.31. The standard InChI is InChI=1S/C26H31N3O4/c1-17-6-4-5-7-20(17)27-25(31)26(2)16-28-21-12-13-33-23(21)14-22(28)24(30)29(26)15-18-8-10-19(32-3)11-9-18/h8-14,17,20H,4-7,15-16H2,1-3H3,(H,27,31)/t17-,20-,26-/m1/s1. The fraction of sp³-hybridized carbons (Fsp3) is 0.462. The van der Waals surface area contributed by atoms with E-state index in [4.69, 9.17) is 9.15 Å². The number of amides is 2. The highest BCUT2D eigenvalue weighted by atomic mass is 16.5. The fourth-order valence-electron chi connectivity index (χ4n) is 5.29. The summed E-state index contributed by atoms with van der Waals surface area (Å²) < 4.78 is 12.7. The SMILES string of the molecule is COc1ccc(CN2C(=O)c3cc4occc4n3C[C@]2(C)C(=O)N[C@@H]2CCCC[C@H]2C)cc1. The van der Waals surface area contributed by atoms with Crippen LogP contribution in [0.25, 0.3) is 11.1 Å². The summed E-state index contributed by atoms with van der Waals surface area (Å²) in [5.74, 6) is 0.921. The zero-order valence-corrected chi connectivity index (χ0v) is 19.5. The summed E-state index contributed by atoms with van der Waals surface area (Å²) in [6.45, 7) is 4.79. The molecule has 3 aromatic rings. The van der Waals surface area contributed by atoms with E-state index in [1.165, 1.54) is 6.42 Å². The Kier molecular flexibility index (Phi) is 5.43. The van der Waals surface area contributed by atoms with Gasteiger partial charge in [0.2, 0.25) is 5.91 Å². The lowest BCUT2D eigenvalue weighted by atomic mass is 9.85. The van der Waals surface area contributed by atoms with Crippen LogP contribution in [0.5, 0.6) is 5.75 Å². The van der Waals surface area contributed by atoms with Crippen molar-refractivity contribution in [3.05, 3.63) is 53.9 Å². The summed E-state index contributed by atoms with van der Waals surface area (Å²) in [5.41, 5.74) is 1.96. The average molecular weight is 450 g/mol. The maximum absolute atomic E-state index is 13.8. The van der Waals surface area contributed by atoms with E-state index in [0.29, 0.717) is 30.3 Å². The molecule has 1 aliphatic carbocycles. The zero-order valence-electron chi connectivity index (χ0n) is 19.5. The van der Waals surface area contributed by atoms with E-state index in [1.54, 1.807) is 24.3 Å². The third-order valence-corrected chi connectivity index (χ3v) is 7.47. The summed E-state index contributed by atoms with van der Waals surface area (Å²) in [6.07, 6.45) is 6.05. The topological polar surface area (TPSA) is 76.7 Å². The molecule has 2 amide bonds. The van der Waals surface area contributed by atoms with Gasteiger partial charge in [-0.05, 0) is 43.4 Å². The molecule has 174 valence electrons. The van der Waals surface area contributed by atoms with Crippen molar-refractivity contribution in [3.8, 4) is 5.75 Å². The van der Waals surface area contributed by atoms with Gasteiger partial charge in [0, 0.05) is 24.7 Å². The molecule has 5 rings (SSSR count). The first-order valence-electron chi connectivity index (χ1n) is 11.7. The summed E-state index contributed by atoms with van der Waals surface area (Å²) in [4.78, 5) is 29.3. The van der Waals surface area contributed by atoms with E-state index >= 15 is 0 Å². The van der Waals surface area contributed by atoms with Gasteiger partial charge in [-0.2, -0.15) is 0 Å². The van der Waals surface area contributed by atoms with Gasteiger partial charge >= 0.3 is 0 Å². The number of carbonyl (C=O) groups is 2. The second-order valence-electron chi connectivity index (χ2n) is 9.64. The molecule has 2 aromatic heterocycles. The molecule has 33 heavy (non-hydrogen) atoms. The van der Waals surface area contributed by atoms with Gasteiger partial charge < -0.3 is 23.9 Å². The maximum atomic E-state index is 13.8. The zero-order chi connectivity index (χ0) is 23.2. The Morgan fingerprint density at radius 3 is 2.70 bits per heavy atom. The van der Waals surface area contributed by atoms with Gasteiger partial charge in [-0.1, -0.05) is 31.9 Å². The lowest BCUT2D eigenvalue weighted by Crippen LogP contribution is -2.65. The van der Waals surface area contributed by atoms with Crippen LogP contribution in [0.1, 0.15) is 55.6 Å². The summed E-state index contributed by atoms with van der Waals surface area (Å²) in [7, 11) is 1.63. The quantitative estimate of drug-likeness (QED) is 0.628. The number of benzene rings is 1. The largest absolute Gasteiger partial charge is 0.497 e. The number of nitrogens with zero attached hydrogens (tertiary/aromatic N) is 2. The molecule has 1 fully saturated rings. The van der Waals surface area contributed by atoms with Gasteiger partial charge in [0.1, 0.15) is 17.0 Å². The number of rotatable bonds is 5. The highest BCUT2D eigenvalue weighted by Crippen LogP contribution is 2.35. The molecule has 0 saturated heterocycles. The molecule has 1 aromatic carbocycles. The minimum atomic E-state index is -1.04. The molecular weight excluding hydrogens is 418 g/mol. The molecule has 7 heteroatoms. The van der Waals surface area contributed by atoms with Crippen molar-refractivity contribution >= 4 is 22.9 Å². The molecule has 3 heterocycles. The lowest BCUT2D eigenvalue weighted by molar-refractivity contribution is -0.134. The lowest BCUT2D eigenvalue weighted by Gasteiger charge is -2.45. The number of hydrogen-bond acceptors (Lipinski definition) is 4. The number of nitrogens with one attached hydrogen (secondary N) is 1. The Morgan fingerprint density at radius 2 is 1.97 bits per heavy atom.